The minimum Gasteiger partial charge on any atom is -0.537 e. The summed E-state index contributed by atoms with van der Waals surface area (Å²) in [5, 5.41) is 4.70. The average molecular weight is 484 g/mol. The van der Waals surface area contributed by atoms with Gasteiger partial charge in [0, 0.05) is 44.6 Å². The number of fused-ring (bicyclic) bond motifs is 8. The van der Waals surface area contributed by atoms with Crippen LogP contribution in [0.15, 0.2) is 109 Å². The third kappa shape index (κ3) is 2.14. The maximum atomic E-state index is 6.84. The smallest absolute Gasteiger partial charge is 0.524 e. The third-order valence-corrected chi connectivity index (χ3v) is 8.60. The molecule has 10 rings (SSSR count). The Morgan fingerprint density at radius 3 is 1.29 bits per heavy atom. The van der Waals surface area contributed by atoms with E-state index in [-0.39, 0.29) is 14.1 Å². The fourth-order valence-electron chi connectivity index (χ4n) is 7.16. The summed E-state index contributed by atoms with van der Waals surface area (Å²) in [6.07, 6.45) is 0. The van der Waals surface area contributed by atoms with Crippen molar-refractivity contribution in [1.29, 1.82) is 0 Å². The van der Waals surface area contributed by atoms with Gasteiger partial charge in [-0.25, -0.2) is 0 Å². The van der Waals surface area contributed by atoms with E-state index in [1.54, 1.807) is 0 Å². The highest BCUT2D eigenvalue weighted by atomic mass is 16.5. The van der Waals surface area contributed by atoms with Crippen LogP contribution in [-0.2, 0) is 0 Å². The molecule has 38 heavy (non-hydrogen) atoms. The minimum atomic E-state index is -0.251. The van der Waals surface area contributed by atoms with Crippen LogP contribution in [0.25, 0.3) is 32.7 Å². The van der Waals surface area contributed by atoms with Crippen LogP contribution in [0.4, 0.5) is 22.7 Å². The number of rotatable bonds is 0. The van der Waals surface area contributed by atoms with Crippen molar-refractivity contribution in [1.82, 2.24) is 0 Å². The Balaban J connectivity index is 1.31. The quantitative estimate of drug-likeness (QED) is 0.242. The molecule has 4 heterocycles. The molecular formula is C32H18B2N2O2. The second kappa shape index (κ2) is 6.53. The van der Waals surface area contributed by atoms with Crippen molar-refractivity contribution >= 4 is 69.3 Å². The molecule has 0 bridgehead atoms. The summed E-state index contributed by atoms with van der Waals surface area (Å²) in [6, 6.07) is 39.0. The maximum absolute atomic E-state index is 6.84. The van der Waals surface area contributed by atoms with Crippen LogP contribution >= 0.6 is 0 Å². The van der Waals surface area contributed by atoms with Gasteiger partial charge in [-0.1, -0.05) is 72.8 Å². The first-order valence-electron chi connectivity index (χ1n) is 13.1. The van der Waals surface area contributed by atoms with Crippen LogP contribution in [0.5, 0.6) is 11.5 Å². The predicted octanol–water partition coefficient (Wildman–Crippen LogP) is 6.14. The highest BCUT2D eigenvalue weighted by Crippen LogP contribution is 2.53. The van der Waals surface area contributed by atoms with Crippen LogP contribution < -0.4 is 29.9 Å². The molecule has 0 fully saturated rings. The molecule has 174 valence electrons. The molecular weight excluding hydrogens is 466 g/mol. The molecule has 0 N–H and O–H groups in total. The van der Waals surface area contributed by atoms with E-state index in [2.05, 4.69) is 119 Å². The molecule has 6 aromatic carbocycles. The van der Waals surface area contributed by atoms with Crippen molar-refractivity contribution < 1.29 is 9.31 Å². The van der Waals surface area contributed by atoms with E-state index >= 15 is 0 Å². The molecule has 4 aliphatic heterocycles. The molecule has 6 heteroatoms. The first-order chi connectivity index (χ1) is 18.9. The van der Waals surface area contributed by atoms with Crippen LogP contribution in [0, 0.1) is 0 Å². The molecule has 0 unspecified atom stereocenters. The summed E-state index contributed by atoms with van der Waals surface area (Å²) in [4.78, 5) is 4.76. The van der Waals surface area contributed by atoms with Crippen LogP contribution in [-0.4, -0.2) is 14.1 Å². The Bertz CT molecular complexity index is 1880. The Morgan fingerprint density at radius 1 is 0.421 bits per heavy atom. The summed E-state index contributed by atoms with van der Waals surface area (Å²) >= 11 is 0. The van der Waals surface area contributed by atoms with E-state index in [4.69, 9.17) is 9.31 Å². The van der Waals surface area contributed by atoms with Crippen molar-refractivity contribution in [2.45, 2.75) is 0 Å². The van der Waals surface area contributed by atoms with E-state index in [0.717, 1.165) is 33.6 Å². The van der Waals surface area contributed by atoms with Crippen LogP contribution in [0.3, 0.4) is 0 Å². The SMILES string of the molecule is c1cc2c3c(c1)N1B(Oc4cccc5cccc1c45)c1cccc(c1-3)N1B2Oc2cccc3cccc1c23. The second-order valence-corrected chi connectivity index (χ2v) is 10.4. The van der Waals surface area contributed by atoms with E-state index < -0.39 is 0 Å². The van der Waals surface area contributed by atoms with Gasteiger partial charge in [-0.3, -0.25) is 0 Å². The molecule has 0 saturated heterocycles. The lowest BCUT2D eigenvalue weighted by molar-refractivity contribution is 0.577. The normalized spacial score (nSPS) is 15.1. The van der Waals surface area contributed by atoms with Crippen LogP contribution in [0.2, 0.25) is 0 Å². The summed E-state index contributed by atoms with van der Waals surface area (Å²) in [7, 11) is -0.503. The van der Waals surface area contributed by atoms with Gasteiger partial charge in [-0.15, -0.1) is 0 Å². The molecule has 4 nitrogen and oxygen atoms in total. The molecule has 4 aliphatic rings. The van der Waals surface area contributed by atoms with Crippen molar-refractivity contribution in [2.24, 2.45) is 0 Å². The van der Waals surface area contributed by atoms with Gasteiger partial charge in [0.15, 0.2) is 0 Å². The zero-order chi connectivity index (χ0) is 24.5. The molecule has 0 radical (unpaired) electrons. The van der Waals surface area contributed by atoms with Gasteiger partial charge in [-0.05, 0) is 58.1 Å². The van der Waals surface area contributed by atoms with Gasteiger partial charge in [0.1, 0.15) is 11.5 Å². The number of hydrogen-bond acceptors (Lipinski definition) is 4. The van der Waals surface area contributed by atoms with Crippen molar-refractivity contribution in [3.63, 3.8) is 0 Å². The first-order valence-corrected chi connectivity index (χ1v) is 13.1. The number of hydrogen-bond donors (Lipinski definition) is 0. The number of benzene rings is 6. The molecule has 0 saturated carbocycles. The Hall–Kier alpha value is -4.83. The van der Waals surface area contributed by atoms with Crippen molar-refractivity contribution in [3.8, 4) is 22.6 Å². The van der Waals surface area contributed by atoms with Gasteiger partial charge in [-0.2, -0.15) is 0 Å². The zero-order valence-corrected chi connectivity index (χ0v) is 20.3. The van der Waals surface area contributed by atoms with Gasteiger partial charge >= 0.3 is 14.1 Å². The summed E-state index contributed by atoms with van der Waals surface area (Å²) in [5.41, 5.74) is 9.52. The Labute approximate surface area is 219 Å². The highest BCUT2D eigenvalue weighted by molar-refractivity contribution is 6.81. The van der Waals surface area contributed by atoms with E-state index in [1.807, 2.05) is 0 Å². The first kappa shape index (κ1) is 19.3. The molecule has 0 atom stereocenters. The van der Waals surface area contributed by atoms with Gasteiger partial charge in [0.05, 0.1) is 0 Å². The largest absolute Gasteiger partial charge is 0.537 e. The summed E-state index contributed by atoms with van der Waals surface area (Å²) in [6.45, 7) is 0. The lowest BCUT2D eigenvalue weighted by atomic mass is 9.55. The van der Waals surface area contributed by atoms with Gasteiger partial charge in [0.25, 0.3) is 0 Å². The zero-order valence-electron chi connectivity index (χ0n) is 20.3. The van der Waals surface area contributed by atoms with Crippen molar-refractivity contribution in [3.05, 3.63) is 109 Å². The van der Waals surface area contributed by atoms with Gasteiger partial charge < -0.3 is 18.9 Å². The van der Waals surface area contributed by atoms with E-state index in [0.29, 0.717) is 0 Å². The number of nitrogens with zero attached hydrogens (tertiary/aromatic N) is 2. The lowest BCUT2D eigenvalue weighted by Gasteiger charge is -2.47. The summed E-state index contributed by atoms with van der Waals surface area (Å²) < 4.78 is 13.7. The lowest BCUT2D eigenvalue weighted by Crippen LogP contribution is -2.61. The van der Waals surface area contributed by atoms with E-state index in [1.165, 1.54) is 44.2 Å². The molecule has 6 aromatic rings. The Kier molecular flexibility index (Phi) is 3.32. The summed E-state index contributed by atoms with van der Waals surface area (Å²) in [5.74, 6) is 1.87. The molecule has 0 aromatic heterocycles. The van der Waals surface area contributed by atoms with Crippen LogP contribution in [0.1, 0.15) is 0 Å². The average Bonchev–Trinajstić information content (AvgIpc) is 2.97. The predicted molar refractivity (Wildman–Crippen MR) is 156 cm³/mol. The molecule has 0 amide bonds. The fourth-order valence-corrected chi connectivity index (χ4v) is 7.16. The van der Waals surface area contributed by atoms with Crippen molar-refractivity contribution in [2.75, 3.05) is 9.62 Å². The molecule has 0 aliphatic carbocycles. The highest BCUT2D eigenvalue weighted by Gasteiger charge is 2.51. The standard InChI is InChI=1S/C32H18B2N2O2/c1-7-19-9-3-17-27-29(19)23(13-1)35-25-15-5-12-22-31(25)32-21(33(35)37-27)11-6-16-26(32)36-24-14-2-8-20-10-4-18-28(30(20)24)38-34(22)36/h1-18H. The minimum absolute atomic E-state index is 0.251. The third-order valence-electron chi connectivity index (χ3n) is 8.60. The maximum Gasteiger partial charge on any atom is 0.524 e. The Morgan fingerprint density at radius 2 is 0.816 bits per heavy atom. The second-order valence-electron chi connectivity index (χ2n) is 10.4. The van der Waals surface area contributed by atoms with E-state index in [9.17, 15) is 0 Å². The monoisotopic (exact) mass is 484 g/mol. The van der Waals surface area contributed by atoms with Gasteiger partial charge in [0.2, 0.25) is 0 Å². The fraction of sp³-hybridized carbons (Fsp3) is 0. The molecule has 0 spiro atoms. The number of anilines is 4. The topological polar surface area (TPSA) is 24.9 Å².